The van der Waals surface area contributed by atoms with E-state index in [4.69, 9.17) is 22.1 Å². The topological polar surface area (TPSA) is 35.2 Å². The average molecular weight is 226 g/mol. The zero-order chi connectivity index (χ0) is 10.7. The van der Waals surface area contributed by atoms with Crippen molar-refractivity contribution in [1.29, 1.82) is 0 Å². The molecule has 1 saturated heterocycles. The first kappa shape index (κ1) is 10.9. The number of hydrogen-bond donors (Lipinski definition) is 1. The van der Waals surface area contributed by atoms with Crippen LogP contribution in [0.3, 0.4) is 0 Å². The number of rotatable bonds is 2. The molecule has 1 aromatic carbocycles. The van der Waals surface area contributed by atoms with E-state index in [0.717, 1.165) is 31.1 Å². The van der Waals surface area contributed by atoms with Gasteiger partial charge in [0.2, 0.25) is 0 Å². The van der Waals surface area contributed by atoms with Gasteiger partial charge in [-0.15, -0.1) is 0 Å². The summed E-state index contributed by atoms with van der Waals surface area (Å²) in [5.74, 6) is 0.444. The molecule has 0 amide bonds. The largest absolute Gasteiger partial charge is 0.381 e. The third-order valence-electron chi connectivity index (χ3n) is 2.94. The quantitative estimate of drug-likeness (QED) is 0.838. The molecule has 1 aromatic rings. The van der Waals surface area contributed by atoms with Crippen LogP contribution in [-0.4, -0.2) is 19.3 Å². The molecule has 1 fully saturated rings. The highest BCUT2D eigenvalue weighted by atomic mass is 35.5. The van der Waals surface area contributed by atoms with E-state index in [2.05, 4.69) is 12.1 Å². The highest BCUT2D eigenvalue weighted by Crippen LogP contribution is 2.19. The number of benzene rings is 1. The zero-order valence-electron chi connectivity index (χ0n) is 8.66. The van der Waals surface area contributed by atoms with Crippen LogP contribution in [0.25, 0.3) is 0 Å². The Hall–Kier alpha value is -0.570. The molecule has 0 radical (unpaired) electrons. The van der Waals surface area contributed by atoms with Crippen molar-refractivity contribution < 1.29 is 4.74 Å². The molecule has 0 aliphatic carbocycles. The van der Waals surface area contributed by atoms with Gasteiger partial charge < -0.3 is 10.5 Å². The molecule has 2 nitrogen and oxygen atoms in total. The predicted octanol–water partition coefficient (Wildman–Crippen LogP) is 2.25. The van der Waals surface area contributed by atoms with E-state index in [9.17, 15) is 0 Å². The van der Waals surface area contributed by atoms with Gasteiger partial charge in [0.15, 0.2) is 0 Å². The second-order valence-electron chi connectivity index (χ2n) is 4.12. The third kappa shape index (κ3) is 2.94. The van der Waals surface area contributed by atoms with Crippen molar-refractivity contribution in [2.45, 2.75) is 18.9 Å². The van der Waals surface area contributed by atoms with Crippen molar-refractivity contribution in [2.75, 3.05) is 13.2 Å². The summed E-state index contributed by atoms with van der Waals surface area (Å²) in [4.78, 5) is 0. The van der Waals surface area contributed by atoms with Crippen molar-refractivity contribution in [3.05, 3.63) is 34.9 Å². The molecule has 0 bridgehead atoms. The lowest BCUT2D eigenvalue weighted by Crippen LogP contribution is -2.39. The number of ether oxygens (including phenoxy) is 1. The molecule has 1 heterocycles. The lowest BCUT2D eigenvalue weighted by atomic mass is 9.90. The summed E-state index contributed by atoms with van der Waals surface area (Å²) >= 11 is 5.83. The van der Waals surface area contributed by atoms with Crippen molar-refractivity contribution in [1.82, 2.24) is 0 Å². The van der Waals surface area contributed by atoms with E-state index >= 15 is 0 Å². The number of nitrogens with two attached hydrogens (primary N) is 1. The van der Waals surface area contributed by atoms with Crippen LogP contribution in [0.4, 0.5) is 0 Å². The molecule has 0 saturated carbocycles. The Morgan fingerprint density at radius 3 is 2.73 bits per heavy atom. The van der Waals surface area contributed by atoms with Gasteiger partial charge in [-0.2, -0.15) is 0 Å². The van der Waals surface area contributed by atoms with Gasteiger partial charge in [-0.3, -0.25) is 0 Å². The average Bonchev–Trinajstić information content (AvgIpc) is 2.25. The Balaban J connectivity index is 1.98. The summed E-state index contributed by atoms with van der Waals surface area (Å²) in [6.45, 7) is 1.59. The lowest BCUT2D eigenvalue weighted by Gasteiger charge is -2.28. The van der Waals surface area contributed by atoms with Crippen molar-refractivity contribution in [2.24, 2.45) is 11.7 Å². The highest BCUT2D eigenvalue weighted by Gasteiger charge is 2.22. The summed E-state index contributed by atoms with van der Waals surface area (Å²) in [5, 5.41) is 0.781. The fourth-order valence-corrected chi connectivity index (χ4v) is 2.07. The SMILES string of the molecule is N[C@H]1CCOC[C@H]1Cc1ccc(Cl)cc1. The molecular formula is C12H16ClNO. The molecule has 1 aliphatic heterocycles. The number of hydrogen-bond acceptors (Lipinski definition) is 2. The maximum Gasteiger partial charge on any atom is 0.0512 e. The van der Waals surface area contributed by atoms with Gasteiger partial charge in [-0.05, 0) is 30.5 Å². The second-order valence-corrected chi connectivity index (χ2v) is 4.55. The van der Waals surface area contributed by atoms with Crippen LogP contribution in [0.5, 0.6) is 0 Å². The predicted molar refractivity (Wildman–Crippen MR) is 62.1 cm³/mol. The normalized spacial score (nSPS) is 26.5. The molecule has 2 N–H and O–H groups in total. The zero-order valence-corrected chi connectivity index (χ0v) is 9.41. The molecule has 3 heteroatoms. The Labute approximate surface area is 95.4 Å². The van der Waals surface area contributed by atoms with Crippen LogP contribution in [0.2, 0.25) is 5.02 Å². The van der Waals surface area contributed by atoms with Gasteiger partial charge in [0.1, 0.15) is 0 Å². The third-order valence-corrected chi connectivity index (χ3v) is 3.20. The number of halogens is 1. The summed E-state index contributed by atoms with van der Waals surface area (Å²) < 4.78 is 5.44. The molecule has 0 aromatic heterocycles. The Morgan fingerprint density at radius 1 is 1.33 bits per heavy atom. The van der Waals surface area contributed by atoms with E-state index in [-0.39, 0.29) is 6.04 Å². The highest BCUT2D eigenvalue weighted by molar-refractivity contribution is 6.30. The summed E-state index contributed by atoms with van der Waals surface area (Å²) in [6.07, 6.45) is 1.95. The Bertz CT molecular complexity index is 312. The van der Waals surface area contributed by atoms with Crippen molar-refractivity contribution in [3.8, 4) is 0 Å². The van der Waals surface area contributed by atoms with E-state index in [1.165, 1.54) is 5.56 Å². The van der Waals surface area contributed by atoms with Gasteiger partial charge in [0.25, 0.3) is 0 Å². The van der Waals surface area contributed by atoms with Gasteiger partial charge in [0, 0.05) is 23.6 Å². The van der Waals surface area contributed by atoms with Crippen LogP contribution in [0, 0.1) is 5.92 Å². The monoisotopic (exact) mass is 225 g/mol. The fraction of sp³-hybridized carbons (Fsp3) is 0.500. The molecule has 0 spiro atoms. The summed E-state index contributed by atoms with van der Waals surface area (Å²) in [6, 6.07) is 8.24. The van der Waals surface area contributed by atoms with Gasteiger partial charge in [-0.25, -0.2) is 0 Å². The minimum Gasteiger partial charge on any atom is -0.381 e. The van der Waals surface area contributed by atoms with E-state index in [1.807, 2.05) is 12.1 Å². The van der Waals surface area contributed by atoms with Crippen LogP contribution in [-0.2, 0) is 11.2 Å². The molecule has 15 heavy (non-hydrogen) atoms. The molecule has 82 valence electrons. The fourth-order valence-electron chi connectivity index (χ4n) is 1.95. The van der Waals surface area contributed by atoms with Crippen LogP contribution >= 0.6 is 11.6 Å². The van der Waals surface area contributed by atoms with Crippen LogP contribution in [0.15, 0.2) is 24.3 Å². The molecule has 2 rings (SSSR count). The van der Waals surface area contributed by atoms with Crippen molar-refractivity contribution >= 4 is 11.6 Å². The second kappa shape index (κ2) is 4.97. The van der Waals surface area contributed by atoms with Gasteiger partial charge in [-0.1, -0.05) is 23.7 Å². The van der Waals surface area contributed by atoms with Gasteiger partial charge >= 0.3 is 0 Å². The molecule has 2 atom stereocenters. The maximum atomic E-state index is 6.05. The van der Waals surface area contributed by atoms with E-state index in [0.29, 0.717) is 5.92 Å². The lowest BCUT2D eigenvalue weighted by molar-refractivity contribution is 0.0422. The van der Waals surface area contributed by atoms with Crippen molar-refractivity contribution in [3.63, 3.8) is 0 Å². The Kier molecular flexibility index (Phi) is 3.62. The smallest absolute Gasteiger partial charge is 0.0512 e. The molecule has 1 aliphatic rings. The van der Waals surface area contributed by atoms with E-state index < -0.39 is 0 Å². The van der Waals surface area contributed by atoms with Crippen LogP contribution in [0.1, 0.15) is 12.0 Å². The molecular weight excluding hydrogens is 210 g/mol. The minimum atomic E-state index is 0.273. The standard InChI is InChI=1S/C12H16ClNO/c13-11-3-1-9(2-4-11)7-10-8-15-6-5-12(10)14/h1-4,10,12H,5-8,14H2/t10-,12+/m1/s1. The van der Waals surface area contributed by atoms with Gasteiger partial charge in [0.05, 0.1) is 6.61 Å². The van der Waals surface area contributed by atoms with E-state index in [1.54, 1.807) is 0 Å². The first-order chi connectivity index (χ1) is 7.25. The summed E-state index contributed by atoms with van der Waals surface area (Å²) in [5.41, 5.74) is 7.33. The molecule has 0 unspecified atom stereocenters. The maximum absolute atomic E-state index is 6.05. The van der Waals surface area contributed by atoms with Crippen LogP contribution < -0.4 is 5.73 Å². The first-order valence-corrected chi connectivity index (χ1v) is 5.71. The summed E-state index contributed by atoms with van der Waals surface area (Å²) in [7, 11) is 0. The Morgan fingerprint density at radius 2 is 2.07 bits per heavy atom. The minimum absolute atomic E-state index is 0.273. The first-order valence-electron chi connectivity index (χ1n) is 5.33.